The number of aliphatic hydroxyl groups excluding tert-OH is 4. The molecule has 3 fully saturated rings. The summed E-state index contributed by atoms with van der Waals surface area (Å²) in [5, 5.41) is 69.0. The minimum Gasteiger partial charge on any atom is -0.459 e. The Morgan fingerprint density at radius 2 is 1.53 bits per heavy atom. The molecule has 274 valence electrons. The molecule has 0 bridgehead atoms. The molecule has 3 rings (SSSR count). The number of likely N-dealkylation sites (N-methyl/N-ethyl adjacent to an activating group) is 1. The van der Waals surface area contributed by atoms with Crippen LogP contribution in [0.2, 0.25) is 0 Å². The summed E-state index contributed by atoms with van der Waals surface area (Å²) >= 11 is 0. The predicted molar refractivity (Wildman–Crippen MR) is 174 cm³/mol. The van der Waals surface area contributed by atoms with Crippen LogP contribution in [0.5, 0.6) is 0 Å². The number of amides is 1. The van der Waals surface area contributed by atoms with Crippen LogP contribution in [0, 0.1) is 29.6 Å². The van der Waals surface area contributed by atoms with E-state index in [9.17, 15) is 40.2 Å². The van der Waals surface area contributed by atoms with Crippen LogP contribution in [0.25, 0.3) is 0 Å². The van der Waals surface area contributed by atoms with Crippen LogP contribution in [-0.2, 0) is 23.8 Å². The van der Waals surface area contributed by atoms with Gasteiger partial charge in [0.2, 0.25) is 5.91 Å². The van der Waals surface area contributed by atoms with Crippen molar-refractivity contribution in [2.45, 2.75) is 173 Å². The Balaban J connectivity index is 1.96. The zero-order valence-corrected chi connectivity index (χ0v) is 29.9. The van der Waals surface area contributed by atoms with Gasteiger partial charge in [0, 0.05) is 24.8 Å². The van der Waals surface area contributed by atoms with Crippen molar-refractivity contribution in [1.82, 2.24) is 4.90 Å². The number of hydrogen-bond donors (Lipinski definition) is 6. The average Bonchev–Trinajstić information content (AvgIpc) is 3.03. The van der Waals surface area contributed by atoms with Crippen LogP contribution in [0.3, 0.4) is 0 Å². The van der Waals surface area contributed by atoms with Crippen molar-refractivity contribution < 1.29 is 54.4 Å². The van der Waals surface area contributed by atoms with Gasteiger partial charge in [-0.25, -0.2) is 0 Å². The molecule has 1 saturated carbocycles. The molecule has 0 aromatic heterocycles. The molecule has 12 heteroatoms. The molecule has 15 atom stereocenters. The van der Waals surface area contributed by atoms with E-state index in [0.717, 1.165) is 32.1 Å². The number of rotatable bonds is 5. The first kappa shape index (κ1) is 40.1. The van der Waals surface area contributed by atoms with E-state index in [1.807, 2.05) is 6.92 Å². The number of nitrogens with zero attached hydrogens (tertiary/aromatic N) is 1. The summed E-state index contributed by atoms with van der Waals surface area (Å²) in [4.78, 5) is 28.4. The van der Waals surface area contributed by atoms with Crippen molar-refractivity contribution >= 4 is 11.9 Å². The Morgan fingerprint density at radius 1 is 0.936 bits per heavy atom. The summed E-state index contributed by atoms with van der Waals surface area (Å²) in [5.74, 6) is -4.49. The van der Waals surface area contributed by atoms with Gasteiger partial charge >= 0.3 is 5.97 Å². The molecule has 1 aliphatic carbocycles. The maximum atomic E-state index is 13.4. The minimum atomic E-state index is -1.91. The highest BCUT2D eigenvalue weighted by atomic mass is 16.7. The Labute approximate surface area is 280 Å². The Bertz CT molecular complexity index is 1030. The first-order valence-electron chi connectivity index (χ1n) is 17.7. The van der Waals surface area contributed by atoms with Crippen LogP contribution >= 0.6 is 0 Å². The SMILES string of the molecule is CC[C@H]1OC(=O)[C@H](C)[C@@H](O)[C@H](C)[C@@H](O[C@@H]2O[C@H](C)C[C@H](N(C)C(=O)C3CCCCC3)[C@H]2O)[C@](C)(O)C[C@@H](C)[C@H](O)[C@H](C)[C@@H](O)[C@]1(C)O. The molecule has 2 heterocycles. The highest BCUT2D eigenvalue weighted by molar-refractivity contribution is 5.79. The summed E-state index contributed by atoms with van der Waals surface area (Å²) in [6.07, 6.45) is -4.19. The summed E-state index contributed by atoms with van der Waals surface area (Å²) in [6, 6.07) is -0.613. The fraction of sp³-hybridized carbons (Fsp3) is 0.943. The van der Waals surface area contributed by atoms with Crippen molar-refractivity contribution in [3.8, 4) is 0 Å². The third-order valence-corrected chi connectivity index (χ3v) is 11.4. The van der Waals surface area contributed by atoms with E-state index < -0.39 is 95.9 Å². The molecule has 47 heavy (non-hydrogen) atoms. The first-order chi connectivity index (χ1) is 21.8. The van der Waals surface area contributed by atoms with E-state index in [1.165, 1.54) is 20.8 Å². The van der Waals surface area contributed by atoms with Gasteiger partial charge in [-0.15, -0.1) is 0 Å². The molecule has 0 spiro atoms. The second-order valence-corrected chi connectivity index (χ2v) is 15.5. The predicted octanol–water partition coefficient (Wildman–Crippen LogP) is 2.13. The highest BCUT2D eigenvalue weighted by Gasteiger charge is 2.51. The number of carbonyl (C=O) groups excluding carboxylic acids is 2. The van der Waals surface area contributed by atoms with E-state index in [1.54, 1.807) is 39.6 Å². The topological polar surface area (TPSA) is 186 Å². The number of esters is 1. The normalized spacial score (nSPS) is 46.7. The number of cyclic esters (lactones) is 1. The lowest BCUT2D eigenvalue weighted by Gasteiger charge is -2.48. The molecule has 0 aromatic rings. The second-order valence-electron chi connectivity index (χ2n) is 15.5. The van der Waals surface area contributed by atoms with Gasteiger partial charge in [-0.2, -0.15) is 0 Å². The fourth-order valence-electron chi connectivity index (χ4n) is 8.26. The molecule has 2 aliphatic heterocycles. The number of hydrogen-bond acceptors (Lipinski definition) is 11. The van der Waals surface area contributed by atoms with E-state index in [4.69, 9.17) is 14.2 Å². The van der Waals surface area contributed by atoms with Gasteiger partial charge in [-0.1, -0.05) is 47.0 Å². The molecule has 2 saturated heterocycles. The van der Waals surface area contributed by atoms with Crippen LogP contribution in [-0.4, -0.2) is 121 Å². The molecular formula is C35H63NO11. The molecule has 0 unspecified atom stereocenters. The van der Waals surface area contributed by atoms with Crippen molar-refractivity contribution in [3.63, 3.8) is 0 Å². The number of aliphatic hydroxyl groups is 6. The quantitative estimate of drug-likeness (QED) is 0.235. The Hall–Kier alpha value is -1.38. The van der Waals surface area contributed by atoms with Crippen LogP contribution in [0.4, 0.5) is 0 Å². The number of carbonyl (C=O) groups is 2. The zero-order valence-electron chi connectivity index (χ0n) is 29.9. The lowest BCUT2D eigenvalue weighted by Crippen LogP contribution is -2.61. The van der Waals surface area contributed by atoms with Crippen LogP contribution in [0.1, 0.15) is 107 Å². The van der Waals surface area contributed by atoms with Gasteiger partial charge in [-0.3, -0.25) is 9.59 Å². The Morgan fingerprint density at radius 3 is 2.11 bits per heavy atom. The van der Waals surface area contributed by atoms with Gasteiger partial charge in [-0.05, 0) is 65.7 Å². The molecule has 0 aromatic carbocycles. The monoisotopic (exact) mass is 673 g/mol. The second kappa shape index (κ2) is 16.1. The summed E-state index contributed by atoms with van der Waals surface area (Å²) in [7, 11) is 1.69. The van der Waals surface area contributed by atoms with Gasteiger partial charge in [0.15, 0.2) is 6.29 Å². The van der Waals surface area contributed by atoms with Crippen LogP contribution in [0.15, 0.2) is 0 Å². The maximum Gasteiger partial charge on any atom is 0.311 e. The van der Waals surface area contributed by atoms with Gasteiger partial charge in [0.05, 0.1) is 48.1 Å². The van der Waals surface area contributed by atoms with Crippen molar-refractivity contribution in [2.24, 2.45) is 29.6 Å². The highest BCUT2D eigenvalue weighted by Crippen LogP contribution is 2.39. The fourth-order valence-corrected chi connectivity index (χ4v) is 8.26. The van der Waals surface area contributed by atoms with Crippen molar-refractivity contribution in [3.05, 3.63) is 0 Å². The largest absolute Gasteiger partial charge is 0.459 e. The summed E-state index contributed by atoms with van der Waals surface area (Å²) in [5.41, 5.74) is -3.66. The maximum absolute atomic E-state index is 13.4. The van der Waals surface area contributed by atoms with Crippen LogP contribution < -0.4 is 0 Å². The van der Waals surface area contributed by atoms with E-state index in [-0.39, 0.29) is 24.7 Å². The van der Waals surface area contributed by atoms with Crippen molar-refractivity contribution in [2.75, 3.05) is 7.05 Å². The molecular weight excluding hydrogens is 610 g/mol. The van der Waals surface area contributed by atoms with Gasteiger partial charge in [0.25, 0.3) is 0 Å². The molecule has 3 aliphatic rings. The minimum absolute atomic E-state index is 0.0220. The average molecular weight is 674 g/mol. The molecule has 1 amide bonds. The Kier molecular flexibility index (Phi) is 13.7. The summed E-state index contributed by atoms with van der Waals surface area (Å²) in [6.45, 7) is 12.7. The van der Waals surface area contributed by atoms with E-state index >= 15 is 0 Å². The third kappa shape index (κ3) is 8.86. The van der Waals surface area contributed by atoms with E-state index in [0.29, 0.717) is 6.42 Å². The first-order valence-corrected chi connectivity index (χ1v) is 17.7. The smallest absolute Gasteiger partial charge is 0.311 e. The lowest BCUT2D eigenvalue weighted by molar-refractivity contribution is -0.299. The van der Waals surface area contributed by atoms with Crippen molar-refractivity contribution in [1.29, 1.82) is 0 Å². The standard InChI is InChI=1S/C35H63NO11/c1-10-25-35(8,44)29(40)20(4)26(37)18(2)17-34(7,43)30(21(5)27(38)22(6)32(42)46-25)47-33-28(39)24(16-19(3)45-33)36(9)31(41)23-14-12-11-13-15-23/h18-30,33,37-40,43-44H,10-17H2,1-9H3/t18-,19-,20+,21+,22-,24+,25-,26+,27+,28-,29-,30-,33+,34-,35-/m1/s1. The zero-order chi connectivity index (χ0) is 35.6. The lowest BCUT2D eigenvalue weighted by atomic mass is 9.73. The van der Waals surface area contributed by atoms with E-state index in [2.05, 4.69) is 0 Å². The summed E-state index contributed by atoms with van der Waals surface area (Å²) < 4.78 is 18.1. The van der Waals surface area contributed by atoms with Gasteiger partial charge < -0.3 is 49.7 Å². The third-order valence-electron chi connectivity index (χ3n) is 11.4. The van der Waals surface area contributed by atoms with Gasteiger partial charge in [0.1, 0.15) is 17.8 Å². The molecule has 0 radical (unpaired) electrons. The molecule has 12 nitrogen and oxygen atoms in total. The molecule has 6 N–H and O–H groups in total. The number of ether oxygens (including phenoxy) is 3.